The summed E-state index contributed by atoms with van der Waals surface area (Å²) in [6.45, 7) is 9.34. The predicted octanol–water partition coefficient (Wildman–Crippen LogP) is 1.56. The largest absolute Gasteiger partial charge is 0.352 e. The van der Waals surface area contributed by atoms with Gasteiger partial charge < -0.3 is 9.80 Å². The molecule has 3 heteroatoms. The van der Waals surface area contributed by atoms with Crippen LogP contribution >= 0.6 is 12.2 Å². The van der Waals surface area contributed by atoms with Crippen LogP contribution in [0, 0.1) is 0 Å². The molecule has 2 nitrogen and oxygen atoms in total. The second-order valence-corrected chi connectivity index (χ2v) is 2.83. The molecule has 0 fully saturated rings. The molecule has 0 atom stereocenters. The molecule has 0 radical (unpaired) electrons. The van der Waals surface area contributed by atoms with Gasteiger partial charge in [0.25, 0.3) is 0 Å². The van der Waals surface area contributed by atoms with E-state index in [1.54, 1.807) is 0 Å². The van der Waals surface area contributed by atoms with E-state index in [-0.39, 0.29) is 0 Å². The third kappa shape index (κ3) is 3.06. The predicted molar refractivity (Wildman–Crippen MR) is 53.8 cm³/mol. The molecular weight excluding hydrogens is 156 g/mol. The fraction of sp³-hybridized carbons (Fsp3) is 0.875. The molecule has 0 aliphatic carbocycles. The molecule has 0 aliphatic rings. The van der Waals surface area contributed by atoms with Crippen molar-refractivity contribution < 1.29 is 0 Å². The van der Waals surface area contributed by atoms with E-state index in [1.807, 2.05) is 7.05 Å². The lowest BCUT2D eigenvalue weighted by molar-refractivity contribution is 0.390. The van der Waals surface area contributed by atoms with E-state index in [2.05, 4.69) is 30.6 Å². The Bertz CT molecular complexity index is 121. The number of rotatable bonds is 3. The molecule has 0 saturated heterocycles. The van der Waals surface area contributed by atoms with E-state index in [4.69, 9.17) is 12.2 Å². The van der Waals surface area contributed by atoms with Crippen molar-refractivity contribution in [2.45, 2.75) is 20.8 Å². The van der Waals surface area contributed by atoms with Gasteiger partial charge in [-0.3, -0.25) is 0 Å². The monoisotopic (exact) mass is 174 g/mol. The minimum atomic E-state index is 0.956. The van der Waals surface area contributed by atoms with Crippen molar-refractivity contribution in [2.24, 2.45) is 0 Å². The third-order valence-electron chi connectivity index (χ3n) is 1.83. The van der Waals surface area contributed by atoms with Gasteiger partial charge in [-0.15, -0.1) is 0 Å². The minimum absolute atomic E-state index is 0.956. The fourth-order valence-electron chi connectivity index (χ4n) is 0.871. The van der Waals surface area contributed by atoms with Gasteiger partial charge >= 0.3 is 0 Å². The molecular formula is C8H18N2S. The van der Waals surface area contributed by atoms with Crippen LogP contribution in [0.15, 0.2) is 0 Å². The summed E-state index contributed by atoms with van der Waals surface area (Å²) in [5.41, 5.74) is 0. The first kappa shape index (κ1) is 10.7. The lowest BCUT2D eigenvalue weighted by atomic mass is 10.5. The molecule has 0 bridgehead atoms. The average molecular weight is 174 g/mol. The second kappa shape index (κ2) is 5.35. The number of nitrogens with zero attached hydrogens (tertiary/aromatic N) is 2. The smallest absolute Gasteiger partial charge is 0.171 e. The summed E-state index contributed by atoms with van der Waals surface area (Å²) in [5, 5.41) is 0.956. The van der Waals surface area contributed by atoms with E-state index in [1.165, 1.54) is 0 Å². The molecule has 0 aromatic heterocycles. The van der Waals surface area contributed by atoms with Crippen molar-refractivity contribution in [3.05, 3.63) is 0 Å². The van der Waals surface area contributed by atoms with E-state index in [9.17, 15) is 0 Å². The van der Waals surface area contributed by atoms with E-state index in [0.29, 0.717) is 0 Å². The van der Waals surface area contributed by atoms with Gasteiger partial charge in [0.15, 0.2) is 5.11 Å². The minimum Gasteiger partial charge on any atom is -0.352 e. The van der Waals surface area contributed by atoms with E-state index in [0.717, 1.165) is 24.7 Å². The zero-order valence-electron chi connectivity index (χ0n) is 7.92. The maximum Gasteiger partial charge on any atom is 0.171 e. The first-order valence-electron chi connectivity index (χ1n) is 4.17. The highest BCUT2D eigenvalue weighted by molar-refractivity contribution is 7.80. The van der Waals surface area contributed by atoms with Gasteiger partial charge in [0.1, 0.15) is 0 Å². The van der Waals surface area contributed by atoms with Crippen molar-refractivity contribution in [1.82, 2.24) is 9.80 Å². The highest BCUT2D eigenvalue weighted by Crippen LogP contribution is 1.95. The molecule has 11 heavy (non-hydrogen) atoms. The molecule has 0 N–H and O–H groups in total. The van der Waals surface area contributed by atoms with Crippen LogP contribution in [0.5, 0.6) is 0 Å². The van der Waals surface area contributed by atoms with Crippen LogP contribution in [0.1, 0.15) is 20.8 Å². The van der Waals surface area contributed by atoms with Crippen molar-refractivity contribution in [3.8, 4) is 0 Å². The zero-order valence-corrected chi connectivity index (χ0v) is 8.74. The topological polar surface area (TPSA) is 6.48 Å². The van der Waals surface area contributed by atoms with Crippen LogP contribution in [0.25, 0.3) is 0 Å². The Morgan fingerprint density at radius 3 is 1.82 bits per heavy atom. The first-order chi connectivity index (χ1) is 5.17. The van der Waals surface area contributed by atoms with Crippen molar-refractivity contribution >= 4 is 17.3 Å². The summed E-state index contributed by atoms with van der Waals surface area (Å²) in [6, 6.07) is 0. The Hall–Kier alpha value is -0.310. The lowest BCUT2D eigenvalue weighted by Crippen LogP contribution is -2.40. The molecule has 0 spiro atoms. The average Bonchev–Trinajstić information content (AvgIpc) is 2.05. The summed E-state index contributed by atoms with van der Waals surface area (Å²) in [7, 11) is 2.03. The fourth-order valence-corrected chi connectivity index (χ4v) is 1.26. The van der Waals surface area contributed by atoms with Crippen molar-refractivity contribution in [1.29, 1.82) is 0 Å². The second-order valence-electron chi connectivity index (χ2n) is 2.47. The quantitative estimate of drug-likeness (QED) is 0.600. The van der Waals surface area contributed by atoms with Gasteiger partial charge in [-0.1, -0.05) is 0 Å². The molecule has 0 aromatic carbocycles. The van der Waals surface area contributed by atoms with Crippen LogP contribution in [0.2, 0.25) is 0 Å². The maximum absolute atomic E-state index is 5.25. The van der Waals surface area contributed by atoms with Gasteiger partial charge in [0.2, 0.25) is 0 Å². The first-order valence-corrected chi connectivity index (χ1v) is 4.58. The Morgan fingerprint density at radius 2 is 1.55 bits per heavy atom. The number of hydrogen-bond acceptors (Lipinski definition) is 1. The molecule has 0 unspecified atom stereocenters. The summed E-state index contributed by atoms with van der Waals surface area (Å²) < 4.78 is 0. The van der Waals surface area contributed by atoms with Crippen LogP contribution in [-0.2, 0) is 0 Å². The summed E-state index contributed by atoms with van der Waals surface area (Å²) >= 11 is 5.25. The highest BCUT2D eigenvalue weighted by atomic mass is 32.1. The molecule has 0 amide bonds. The van der Waals surface area contributed by atoms with Crippen LogP contribution in [-0.4, -0.2) is 41.6 Å². The highest BCUT2D eigenvalue weighted by Gasteiger charge is 2.07. The van der Waals surface area contributed by atoms with Crippen LogP contribution in [0.4, 0.5) is 0 Å². The number of hydrogen-bond donors (Lipinski definition) is 0. The van der Waals surface area contributed by atoms with E-state index < -0.39 is 0 Å². The summed E-state index contributed by atoms with van der Waals surface area (Å²) in [5.74, 6) is 0. The van der Waals surface area contributed by atoms with Gasteiger partial charge in [-0.2, -0.15) is 0 Å². The van der Waals surface area contributed by atoms with Gasteiger partial charge in [-0.25, -0.2) is 0 Å². The van der Waals surface area contributed by atoms with E-state index >= 15 is 0 Å². The summed E-state index contributed by atoms with van der Waals surface area (Å²) in [4.78, 5) is 4.27. The Labute approximate surface area is 75.2 Å². The molecule has 0 aromatic rings. The number of thiocarbonyl (C=S) groups is 1. The van der Waals surface area contributed by atoms with Gasteiger partial charge in [0, 0.05) is 26.7 Å². The van der Waals surface area contributed by atoms with Crippen molar-refractivity contribution in [3.63, 3.8) is 0 Å². The standard InChI is InChI=1S/C8H18N2S/c1-5-9(4)8(11)10(6-2)7-3/h5-7H2,1-4H3. The Morgan fingerprint density at radius 1 is 1.09 bits per heavy atom. The molecule has 0 aliphatic heterocycles. The van der Waals surface area contributed by atoms with Gasteiger partial charge in [-0.05, 0) is 33.0 Å². The molecule has 0 rings (SSSR count). The molecule has 0 heterocycles. The Kier molecular flexibility index (Phi) is 5.20. The normalized spacial score (nSPS) is 9.45. The van der Waals surface area contributed by atoms with Crippen LogP contribution < -0.4 is 0 Å². The van der Waals surface area contributed by atoms with Crippen LogP contribution in [0.3, 0.4) is 0 Å². The SMILES string of the molecule is CCN(C)C(=S)N(CC)CC. The Balaban J connectivity index is 3.97. The van der Waals surface area contributed by atoms with Gasteiger partial charge in [0.05, 0.1) is 0 Å². The lowest BCUT2D eigenvalue weighted by Gasteiger charge is -2.28. The zero-order chi connectivity index (χ0) is 8.85. The maximum atomic E-state index is 5.25. The van der Waals surface area contributed by atoms with Crippen molar-refractivity contribution in [2.75, 3.05) is 26.7 Å². The molecule has 0 saturated carbocycles. The summed E-state index contributed by atoms with van der Waals surface area (Å²) in [6.07, 6.45) is 0. The molecule has 66 valence electrons. The third-order valence-corrected chi connectivity index (χ3v) is 2.40.